The zero-order chi connectivity index (χ0) is 23.1. The molecule has 0 aliphatic heterocycles. The van der Waals surface area contributed by atoms with Crippen molar-refractivity contribution >= 4 is 75.7 Å². The second kappa shape index (κ2) is 11.9. The smallest absolute Gasteiger partial charge is 0.300 e. The number of hydrogen-bond donors (Lipinski definition) is 4. The molecule has 0 spiro atoms. The molecule has 0 bridgehead atoms. The van der Waals surface area contributed by atoms with E-state index in [9.17, 15) is 10.2 Å². The molecule has 160 valence electrons. The summed E-state index contributed by atoms with van der Waals surface area (Å²) >= 11 is 13.9. The lowest BCUT2D eigenvalue weighted by atomic mass is 9.78. The van der Waals surface area contributed by atoms with E-state index in [0.717, 1.165) is 33.9 Å². The minimum Gasteiger partial charge on any atom is -0.508 e. The number of carboxylic acid groups (broad SMARTS) is 2. The van der Waals surface area contributed by atoms with Gasteiger partial charge < -0.3 is 20.4 Å². The first kappa shape index (κ1) is 27.9. The molecular formula is C19H20Br4O6. The van der Waals surface area contributed by atoms with Crippen LogP contribution in [0, 0.1) is 0 Å². The van der Waals surface area contributed by atoms with Crippen molar-refractivity contribution in [3.8, 4) is 11.5 Å². The third kappa shape index (κ3) is 8.27. The van der Waals surface area contributed by atoms with Gasteiger partial charge in [-0.3, -0.25) is 9.59 Å². The number of benzene rings is 2. The van der Waals surface area contributed by atoms with E-state index in [1.54, 1.807) is 12.1 Å². The fourth-order valence-corrected chi connectivity index (χ4v) is 5.28. The molecule has 2 rings (SSSR count). The van der Waals surface area contributed by atoms with Gasteiger partial charge in [-0.2, -0.15) is 0 Å². The molecule has 2 aromatic carbocycles. The van der Waals surface area contributed by atoms with E-state index in [2.05, 4.69) is 77.6 Å². The van der Waals surface area contributed by atoms with Crippen LogP contribution in [-0.2, 0) is 15.0 Å². The van der Waals surface area contributed by atoms with Crippen molar-refractivity contribution in [3.63, 3.8) is 0 Å². The number of carboxylic acids is 2. The topological polar surface area (TPSA) is 115 Å². The maximum Gasteiger partial charge on any atom is 0.300 e. The van der Waals surface area contributed by atoms with Gasteiger partial charge in [-0.15, -0.1) is 0 Å². The van der Waals surface area contributed by atoms with Crippen LogP contribution < -0.4 is 0 Å². The highest BCUT2D eigenvalue weighted by molar-refractivity contribution is 9.14. The monoisotopic (exact) mass is 660 g/mol. The Morgan fingerprint density at radius 1 is 0.759 bits per heavy atom. The first-order chi connectivity index (χ1) is 13.1. The number of rotatable bonds is 2. The number of carbonyl (C=O) groups is 2. The molecular weight excluding hydrogens is 644 g/mol. The summed E-state index contributed by atoms with van der Waals surface area (Å²) in [5.74, 6) is -1.29. The van der Waals surface area contributed by atoms with Gasteiger partial charge in [-0.1, -0.05) is 26.0 Å². The Bertz CT molecular complexity index is 830. The average Bonchev–Trinajstić information content (AvgIpc) is 2.57. The number of halogens is 4. The molecule has 4 N–H and O–H groups in total. The summed E-state index contributed by atoms with van der Waals surface area (Å²) in [7, 11) is 0. The summed E-state index contributed by atoms with van der Waals surface area (Å²) in [6.07, 6.45) is 0. The van der Waals surface area contributed by atoms with E-state index in [0.29, 0.717) is 8.95 Å². The quantitative estimate of drug-likeness (QED) is 0.268. The molecule has 0 unspecified atom stereocenters. The van der Waals surface area contributed by atoms with Gasteiger partial charge in [-0.25, -0.2) is 0 Å². The highest BCUT2D eigenvalue weighted by Crippen LogP contribution is 2.51. The summed E-state index contributed by atoms with van der Waals surface area (Å²) in [5.41, 5.74) is 1.69. The van der Waals surface area contributed by atoms with Gasteiger partial charge in [-0.05, 0) is 87.0 Å². The lowest BCUT2D eigenvalue weighted by Crippen LogP contribution is -2.20. The number of phenolic OH excluding ortho intramolecular Hbond substituents is 2. The number of phenols is 2. The predicted octanol–water partition coefficient (Wildman–Crippen LogP) is 6.66. The number of aromatic hydroxyl groups is 2. The van der Waals surface area contributed by atoms with E-state index in [-0.39, 0.29) is 16.9 Å². The molecule has 0 amide bonds. The molecule has 0 saturated heterocycles. The van der Waals surface area contributed by atoms with Crippen LogP contribution in [0.4, 0.5) is 0 Å². The lowest BCUT2D eigenvalue weighted by Gasteiger charge is -2.30. The SMILES string of the molecule is CC(=O)O.CC(=O)O.CC(C)(c1ccc(O)cc1)c1c(Br)c(Br)c(O)c(Br)c1Br. The van der Waals surface area contributed by atoms with Crippen LogP contribution in [0.15, 0.2) is 42.2 Å². The van der Waals surface area contributed by atoms with E-state index < -0.39 is 11.9 Å². The maximum absolute atomic E-state index is 10.1. The van der Waals surface area contributed by atoms with E-state index >= 15 is 0 Å². The fraction of sp³-hybridized carbons (Fsp3) is 0.263. The normalized spacial score (nSPS) is 10.2. The molecule has 0 fully saturated rings. The van der Waals surface area contributed by atoms with Gasteiger partial charge in [0.05, 0.1) is 8.95 Å². The van der Waals surface area contributed by atoms with E-state index in [1.165, 1.54) is 0 Å². The Hall–Kier alpha value is -1.10. The highest BCUT2D eigenvalue weighted by Gasteiger charge is 2.31. The summed E-state index contributed by atoms with van der Waals surface area (Å²) < 4.78 is 2.76. The Morgan fingerprint density at radius 3 is 1.38 bits per heavy atom. The van der Waals surface area contributed by atoms with Gasteiger partial charge in [0.15, 0.2) is 0 Å². The molecule has 0 heterocycles. The molecule has 0 saturated carbocycles. The molecule has 0 radical (unpaired) electrons. The first-order valence-electron chi connectivity index (χ1n) is 7.88. The second-order valence-corrected chi connectivity index (χ2v) is 9.36. The van der Waals surface area contributed by atoms with E-state index in [1.807, 2.05) is 12.1 Å². The molecule has 2 aromatic rings. The summed E-state index contributed by atoms with van der Waals surface area (Å²) in [4.78, 5) is 18.0. The van der Waals surface area contributed by atoms with E-state index in [4.69, 9.17) is 19.8 Å². The van der Waals surface area contributed by atoms with Crippen LogP contribution in [0.3, 0.4) is 0 Å². The summed E-state index contributed by atoms with van der Waals surface area (Å²) in [6, 6.07) is 7.12. The minimum absolute atomic E-state index is 0.138. The zero-order valence-corrected chi connectivity index (χ0v) is 22.3. The van der Waals surface area contributed by atoms with Crippen molar-refractivity contribution in [3.05, 3.63) is 53.3 Å². The summed E-state index contributed by atoms with van der Waals surface area (Å²) in [5, 5.41) is 34.4. The number of hydrogen-bond acceptors (Lipinski definition) is 4. The van der Waals surface area contributed by atoms with Gasteiger partial charge in [0.25, 0.3) is 11.9 Å². The van der Waals surface area contributed by atoms with Crippen molar-refractivity contribution < 1.29 is 30.0 Å². The van der Waals surface area contributed by atoms with Gasteiger partial charge in [0.1, 0.15) is 11.5 Å². The molecule has 0 aromatic heterocycles. The minimum atomic E-state index is -0.833. The molecule has 10 heteroatoms. The standard InChI is InChI=1S/C15H12Br4O2.2C2H4O2/c1-15(2,7-3-5-8(20)6-4-7)9-10(16)12(18)14(21)13(19)11(9)17;2*1-2(3)4/h3-6,20-21H,1-2H3;2*1H3,(H,3,4). The van der Waals surface area contributed by atoms with Gasteiger partial charge in [0.2, 0.25) is 0 Å². The number of aliphatic carboxylic acids is 2. The van der Waals surface area contributed by atoms with Crippen molar-refractivity contribution in [2.24, 2.45) is 0 Å². The Morgan fingerprint density at radius 2 is 1.07 bits per heavy atom. The molecule has 6 nitrogen and oxygen atoms in total. The van der Waals surface area contributed by atoms with Crippen LogP contribution in [0.1, 0.15) is 38.8 Å². The molecule has 0 aliphatic carbocycles. The van der Waals surface area contributed by atoms with Crippen LogP contribution in [-0.4, -0.2) is 32.4 Å². The lowest BCUT2D eigenvalue weighted by molar-refractivity contribution is -0.135. The van der Waals surface area contributed by atoms with Gasteiger partial charge in [0, 0.05) is 28.2 Å². The Labute approximate surface area is 202 Å². The summed E-state index contributed by atoms with van der Waals surface area (Å²) in [6.45, 7) is 6.33. The average molecular weight is 664 g/mol. The largest absolute Gasteiger partial charge is 0.508 e. The van der Waals surface area contributed by atoms with Crippen LogP contribution in [0.5, 0.6) is 11.5 Å². The fourth-order valence-electron chi connectivity index (χ4n) is 2.19. The highest BCUT2D eigenvalue weighted by atomic mass is 79.9. The van der Waals surface area contributed by atoms with Crippen LogP contribution in [0.25, 0.3) is 0 Å². The van der Waals surface area contributed by atoms with Crippen molar-refractivity contribution in [1.29, 1.82) is 0 Å². The Balaban J connectivity index is 0.000000837. The van der Waals surface area contributed by atoms with Crippen molar-refractivity contribution in [1.82, 2.24) is 0 Å². The van der Waals surface area contributed by atoms with Crippen LogP contribution in [0.2, 0.25) is 0 Å². The molecule has 0 atom stereocenters. The third-order valence-electron chi connectivity index (χ3n) is 3.45. The van der Waals surface area contributed by atoms with Crippen molar-refractivity contribution in [2.75, 3.05) is 0 Å². The molecule has 29 heavy (non-hydrogen) atoms. The second-order valence-electron chi connectivity index (χ2n) is 6.19. The Kier molecular flexibility index (Phi) is 11.5. The molecule has 0 aliphatic rings. The van der Waals surface area contributed by atoms with Crippen molar-refractivity contribution in [2.45, 2.75) is 33.1 Å². The van der Waals surface area contributed by atoms with Crippen LogP contribution >= 0.6 is 63.7 Å². The zero-order valence-electron chi connectivity index (χ0n) is 15.9. The maximum atomic E-state index is 10.1. The third-order valence-corrected chi connectivity index (χ3v) is 7.65. The predicted molar refractivity (Wildman–Crippen MR) is 126 cm³/mol. The van der Waals surface area contributed by atoms with Gasteiger partial charge >= 0.3 is 0 Å². The first-order valence-corrected chi connectivity index (χ1v) is 11.1.